The number of nitrogens with zero attached hydrogens (tertiary/aromatic N) is 5. The second kappa shape index (κ2) is 16.0. The van der Waals surface area contributed by atoms with Gasteiger partial charge in [0.1, 0.15) is 16.5 Å². The molecule has 0 radical (unpaired) electrons. The molecule has 0 unspecified atom stereocenters. The summed E-state index contributed by atoms with van der Waals surface area (Å²) in [5.41, 5.74) is 2.42. The molecule has 48 heavy (non-hydrogen) atoms. The molecule has 0 aliphatic carbocycles. The molecule has 1 aromatic heterocycles. The molecule has 1 heterocycles. The SMILES string of the molecule is COc1cc(N=Nc2ccc3c(S(=O)(=O)O)cccc3c2)c(C)cc1Cc1nc(SCCCS(=O)(=O)O)nc(SCCCS(=O)(=O)O)n1. The number of rotatable bonds is 16. The molecule has 3 N–H and O–H groups in total. The molecule has 0 aliphatic heterocycles. The van der Waals surface area contributed by atoms with Crippen molar-refractivity contribution in [3.8, 4) is 5.75 Å². The fourth-order valence-electron chi connectivity index (χ4n) is 4.38. The number of ether oxygens (including phenoxy) is 1. The van der Waals surface area contributed by atoms with Crippen molar-refractivity contribution in [3.05, 3.63) is 65.5 Å². The van der Waals surface area contributed by atoms with Crippen LogP contribution in [0, 0.1) is 6.92 Å². The molecule has 0 saturated heterocycles. The molecule has 4 aromatic rings. The lowest BCUT2D eigenvalue weighted by Crippen LogP contribution is -2.07. The predicted molar refractivity (Wildman–Crippen MR) is 182 cm³/mol. The average molecular weight is 758 g/mol. The summed E-state index contributed by atoms with van der Waals surface area (Å²) in [6.45, 7) is 1.83. The molecule has 0 fully saturated rings. The summed E-state index contributed by atoms with van der Waals surface area (Å²) in [6.07, 6.45) is 0.534. The normalized spacial score (nSPS) is 12.6. The highest BCUT2D eigenvalue weighted by Crippen LogP contribution is 2.33. The second-order valence-corrected chi connectivity index (χ2v) is 16.9. The molecule has 15 nitrogen and oxygen atoms in total. The highest BCUT2D eigenvalue weighted by atomic mass is 32.2. The van der Waals surface area contributed by atoms with E-state index in [1.165, 1.54) is 42.8 Å². The fourth-order valence-corrected chi connectivity index (χ4v) is 8.12. The predicted octanol–water partition coefficient (Wildman–Crippen LogP) is 5.33. The van der Waals surface area contributed by atoms with Crippen LogP contribution in [-0.2, 0) is 36.8 Å². The van der Waals surface area contributed by atoms with Gasteiger partial charge in [0.25, 0.3) is 30.4 Å². The van der Waals surface area contributed by atoms with E-state index < -0.39 is 41.9 Å². The largest absolute Gasteiger partial charge is 0.496 e. The summed E-state index contributed by atoms with van der Waals surface area (Å²) < 4.78 is 101. The molecule has 4 rings (SSSR count). The molecule has 0 amide bonds. The van der Waals surface area contributed by atoms with Gasteiger partial charge in [-0.25, -0.2) is 9.97 Å². The molecule has 0 spiro atoms. The van der Waals surface area contributed by atoms with E-state index in [0.717, 1.165) is 5.56 Å². The summed E-state index contributed by atoms with van der Waals surface area (Å²) in [4.78, 5) is 13.2. The van der Waals surface area contributed by atoms with Gasteiger partial charge in [-0.05, 0) is 55.0 Å². The van der Waals surface area contributed by atoms with Crippen LogP contribution < -0.4 is 4.74 Å². The maximum Gasteiger partial charge on any atom is 0.295 e. The fraction of sp³-hybridized carbons (Fsp3) is 0.321. The van der Waals surface area contributed by atoms with Gasteiger partial charge in [-0.2, -0.15) is 40.5 Å². The first-order chi connectivity index (χ1) is 22.5. The Morgan fingerprint density at radius 1 is 0.792 bits per heavy atom. The van der Waals surface area contributed by atoms with Crippen LogP contribution in [0.25, 0.3) is 10.8 Å². The van der Waals surface area contributed by atoms with Gasteiger partial charge in [-0.15, -0.1) is 0 Å². The van der Waals surface area contributed by atoms with Gasteiger partial charge < -0.3 is 4.74 Å². The Morgan fingerprint density at radius 2 is 1.42 bits per heavy atom. The number of hydrogen-bond acceptors (Lipinski definition) is 14. The van der Waals surface area contributed by atoms with E-state index in [-0.39, 0.29) is 24.2 Å². The lowest BCUT2D eigenvalue weighted by Gasteiger charge is -2.12. The molecule has 20 heteroatoms. The Labute approximate surface area is 286 Å². The van der Waals surface area contributed by atoms with Gasteiger partial charge in [0.05, 0.1) is 30.0 Å². The van der Waals surface area contributed by atoms with Crippen molar-refractivity contribution in [2.75, 3.05) is 30.1 Å². The standard InChI is InChI=1S/C28H31N5O10S5/c1-18-14-20(16-26-29-27(44-10-4-12-46(34,35)36)31-28(30-26)45-11-5-13-47(37,38)39)24(43-2)17-23(18)33-32-21-8-9-22-19(15-21)6-3-7-25(22)48(40,41)42/h3,6-9,14-15,17H,4-5,10-13,16H2,1-2H3,(H,34,35,36)(H,37,38,39)(H,40,41,42). The second-order valence-electron chi connectivity index (χ2n) is 10.3. The number of benzene rings is 3. The Kier molecular flexibility index (Phi) is 12.5. The Morgan fingerprint density at radius 3 is 1.98 bits per heavy atom. The van der Waals surface area contributed by atoms with Gasteiger partial charge >= 0.3 is 0 Å². The maximum atomic E-state index is 11.7. The molecule has 0 bridgehead atoms. The van der Waals surface area contributed by atoms with Crippen molar-refractivity contribution in [1.82, 2.24) is 15.0 Å². The lowest BCUT2D eigenvalue weighted by molar-refractivity contribution is 0.410. The van der Waals surface area contributed by atoms with Crippen molar-refractivity contribution in [2.45, 2.75) is 41.4 Å². The molecule has 0 atom stereocenters. The number of fused-ring (bicyclic) bond motifs is 1. The third-order valence-corrected chi connectivity index (χ3v) is 10.9. The summed E-state index contributed by atoms with van der Waals surface area (Å²) in [5, 5.41) is 10.2. The number of azo groups is 1. The molecule has 3 aromatic carbocycles. The zero-order valence-electron chi connectivity index (χ0n) is 25.5. The Bertz CT molecular complexity index is 2110. The molecular formula is C28H31N5O10S5. The first-order valence-electron chi connectivity index (χ1n) is 14.0. The van der Waals surface area contributed by atoms with Crippen LogP contribution in [0.2, 0.25) is 0 Å². The van der Waals surface area contributed by atoms with Crippen LogP contribution in [0.5, 0.6) is 5.75 Å². The highest BCUT2D eigenvalue weighted by Gasteiger charge is 2.16. The van der Waals surface area contributed by atoms with Crippen molar-refractivity contribution in [3.63, 3.8) is 0 Å². The number of methoxy groups -OCH3 is 1. The van der Waals surface area contributed by atoms with E-state index in [1.54, 1.807) is 30.3 Å². The van der Waals surface area contributed by atoms with Crippen LogP contribution in [0.1, 0.15) is 29.8 Å². The van der Waals surface area contributed by atoms with Gasteiger partial charge in [0.15, 0.2) is 10.3 Å². The van der Waals surface area contributed by atoms with Gasteiger partial charge in [-0.1, -0.05) is 41.7 Å². The zero-order valence-corrected chi connectivity index (χ0v) is 29.6. The molecule has 0 saturated carbocycles. The molecular weight excluding hydrogens is 727 g/mol. The highest BCUT2D eigenvalue weighted by molar-refractivity contribution is 7.99. The van der Waals surface area contributed by atoms with Crippen molar-refractivity contribution in [1.29, 1.82) is 0 Å². The number of hydrogen-bond donors (Lipinski definition) is 3. The smallest absolute Gasteiger partial charge is 0.295 e. The van der Waals surface area contributed by atoms with Crippen LogP contribution in [0.3, 0.4) is 0 Å². The van der Waals surface area contributed by atoms with E-state index >= 15 is 0 Å². The third-order valence-electron chi connectivity index (χ3n) is 6.52. The minimum Gasteiger partial charge on any atom is -0.496 e. The minimum atomic E-state index is -4.40. The van der Waals surface area contributed by atoms with Crippen molar-refractivity contribution in [2.24, 2.45) is 10.2 Å². The van der Waals surface area contributed by atoms with Crippen LogP contribution in [0.15, 0.2) is 74.0 Å². The lowest BCUT2D eigenvalue weighted by atomic mass is 10.1. The molecule has 258 valence electrons. The monoisotopic (exact) mass is 757 g/mol. The van der Waals surface area contributed by atoms with E-state index in [1.807, 2.05) is 13.0 Å². The summed E-state index contributed by atoms with van der Waals surface area (Å²) in [6, 6.07) is 12.8. The van der Waals surface area contributed by atoms with Crippen molar-refractivity contribution < 1.29 is 43.6 Å². The summed E-state index contributed by atoms with van der Waals surface area (Å²) >= 11 is 2.36. The number of thioether (sulfide) groups is 2. The van der Waals surface area contributed by atoms with E-state index in [2.05, 4.69) is 25.2 Å². The van der Waals surface area contributed by atoms with E-state index in [9.17, 15) is 29.8 Å². The van der Waals surface area contributed by atoms with Gasteiger partial charge in [0.2, 0.25) is 0 Å². The minimum absolute atomic E-state index is 0.162. The topological polar surface area (TPSA) is 236 Å². The maximum absolute atomic E-state index is 11.7. The summed E-state index contributed by atoms with van der Waals surface area (Å²) in [5.74, 6) is 0.619. The first kappa shape index (κ1) is 37.6. The van der Waals surface area contributed by atoms with Crippen LogP contribution in [0.4, 0.5) is 11.4 Å². The van der Waals surface area contributed by atoms with Gasteiger partial charge in [0, 0.05) is 34.9 Å². The third kappa shape index (κ3) is 11.4. The summed E-state index contributed by atoms with van der Waals surface area (Å²) in [7, 11) is -11.1. The Hall–Kier alpha value is -3.24. The quantitative estimate of drug-likeness (QED) is 0.0566. The molecule has 0 aliphatic rings. The van der Waals surface area contributed by atoms with Gasteiger partial charge in [-0.3, -0.25) is 13.7 Å². The van der Waals surface area contributed by atoms with E-state index in [4.69, 9.17) is 13.8 Å². The number of aryl methyl sites for hydroxylation is 1. The van der Waals surface area contributed by atoms with Crippen LogP contribution in [-0.4, -0.2) is 84.0 Å². The average Bonchev–Trinajstić information content (AvgIpc) is 2.99. The van der Waals surface area contributed by atoms with E-state index in [0.29, 0.717) is 61.1 Å². The van der Waals surface area contributed by atoms with Crippen molar-refractivity contribution >= 4 is 76.0 Å². The first-order valence-corrected chi connectivity index (χ1v) is 20.6. The number of aromatic nitrogens is 3. The zero-order chi connectivity index (χ0) is 35.1. The van der Waals surface area contributed by atoms with Crippen LogP contribution >= 0.6 is 23.5 Å². The Balaban J connectivity index is 1.57.